The minimum absolute atomic E-state index is 0.00838. The Labute approximate surface area is 126 Å². The molecule has 8 heteroatoms. The van der Waals surface area contributed by atoms with Gasteiger partial charge < -0.3 is 15.2 Å². The zero-order chi connectivity index (χ0) is 16.7. The van der Waals surface area contributed by atoms with Gasteiger partial charge in [-0.1, -0.05) is 18.2 Å². The van der Waals surface area contributed by atoms with Crippen LogP contribution in [-0.4, -0.2) is 48.5 Å². The number of esters is 2. The van der Waals surface area contributed by atoms with Crippen LogP contribution >= 0.6 is 0 Å². The molecule has 0 radical (unpaired) electrons. The van der Waals surface area contributed by atoms with Crippen LogP contribution < -0.4 is 5.73 Å². The van der Waals surface area contributed by atoms with Gasteiger partial charge in [0.1, 0.15) is 0 Å². The molecule has 118 valence electrons. The first kappa shape index (κ1) is 17.2. The summed E-state index contributed by atoms with van der Waals surface area (Å²) in [6.07, 6.45) is -1.19. The maximum absolute atomic E-state index is 11.8. The van der Waals surface area contributed by atoms with Gasteiger partial charge in [0, 0.05) is 7.05 Å². The van der Waals surface area contributed by atoms with E-state index in [0.29, 0.717) is 4.90 Å². The lowest BCUT2D eigenvalue weighted by Crippen LogP contribution is -2.51. The van der Waals surface area contributed by atoms with Crippen molar-refractivity contribution in [1.82, 2.24) is 4.90 Å². The molecule has 0 bridgehead atoms. The molecule has 0 heterocycles. The van der Waals surface area contributed by atoms with Crippen LogP contribution in [0.3, 0.4) is 0 Å². The first-order valence-corrected chi connectivity index (χ1v) is 6.38. The molecule has 2 amide bonds. The van der Waals surface area contributed by atoms with E-state index in [1.807, 2.05) is 0 Å². The van der Waals surface area contributed by atoms with Gasteiger partial charge in [-0.3, -0.25) is 9.69 Å². The van der Waals surface area contributed by atoms with Crippen LogP contribution in [0.25, 0.3) is 0 Å². The first-order valence-electron chi connectivity index (χ1n) is 6.38. The molecule has 1 aromatic carbocycles. The quantitative estimate of drug-likeness (QED) is 0.618. The van der Waals surface area contributed by atoms with Gasteiger partial charge in [-0.05, 0) is 19.1 Å². The lowest BCUT2D eigenvalue weighted by Gasteiger charge is -2.22. The van der Waals surface area contributed by atoms with Crippen LogP contribution in [0.2, 0.25) is 0 Å². The van der Waals surface area contributed by atoms with Crippen LogP contribution in [0, 0.1) is 0 Å². The van der Waals surface area contributed by atoms with Gasteiger partial charge in [0.2, 0.25) is 6.04 Å². The summed E-state index contributed by atoms with van der Waals surface area (Å²) < 4.78 is 9.24. The molecule has 1 atom stereocenters. The molecular weight excluding hydrogens is 292 g/mol. The standard InChI is InChI=1S/C14H16N2O6/c1-3-21-13(19)10(11(15)17)16(2)14(20)22-12(18)9-7-5-4-6-8-9/h4-8,10H,3H2,1-2H3,(H2,15,17). The summed E-state index contributed by atoms with van der Waals surface area (Å²) in [5.74, 6) is -3.00. The van der Waals surface area contributed by atoms with Crippen molar-refractivity contribution >= 4 is 23.9 Å². The molecule has 0 aliphatic carbocycles. The van der Waals surface area contributed by atoms with Crippen molar-refractivity contribution < 1.29 is 28.7 Å². The number of benzene rings is 1. The number of carbonyl (C=O) groups is 4. The molecule has 22 heavy (non-hydrogen) atoms. The van der Waals surface area contributed by atoms with Gasteiger partial charge in [0.15, 0.2) is 0 Å². The van der Waals surface area contributed by atoms with E-state index in [1.54, 1.807) is 18.2 Å². The molecule has 8 nitrogen and oxygen atoms in total. The first-order chi connectivity index (χ1) is 10.4. The second-order valence-corrected chi connectivity index (χ2v) is 4.19. The summed E-state index contributed by atoms with van der Waals surface area (Å²) in [7, 11) is 1.10. The Kier molecular flexibility index (Phi) is 6.06. The maximum Gasteiger partial charge on any atom is 0.418 e. The van der Waals surface area contributed by atoms with E-state index in [1.165, 1.54) is 19.1 Å². The highest BCUT2D eigenvalue weighted by molar-refractivity contribution is 6.04. The van der Waals surface area contributed by atoms with Gasteiger partial charge in [-0.2, -0.15) is 0 Å². The number of carbonyl (C=O) groups excluding carboxylic acids is 4. The highest BCUT2D eigenvalue weighted by atomic mass is 16.6. The summed E-state index contributed by atoms with van der Waals surface area (Å²) in [6, 6.07) is 6.11. The van der Waals surface area contributed by atoms with E-state index in [4.69, 9.17) is 5.73 Å². The molecule has 1 unspecified atom stereocenters. The van der Waals surface area contributed by atoms with Crippen molar-refractivity contribution in [2.45, 2.75) is 13.0 Å². The predicted molar refractivity (Wildman–Crippen MR) is 74.6 cm³/mol. The number of nitrogens with zero attached hydrogens (tertiary/aromatic N) is 1. The van der Waals surface area contributed by atoms with E-state index in [0.717, 1.165) is 7.05 Å². The molecular formula is C14H16N2O6. The highest BCUT2D eigenvalue weighted by Gasteiger charge is 2.35. The predicted octanol–water partition coefficient (Wildman–Crippen LogP) is 0.312. The molecule has 0 saturated heterocycles. The third-order valence-corrected chi connectivity index (χ3v) is 2.64. The third-order valence-electron chi connectivity index (χ3n) is 2.64. The maximum atomic E-state index is 11.8. The minimum atomic E-state index is -1.67. The molecule has 2 N–H and O–H groups in total. The van der Waals surface area contributed by atoms with Gasteiger partial charge in [-0.25, -0.2) is 14.4 Å². The second kappa shape index (κ2) is 7.77. The number of nitrogens with two attached hydrogens (primary N) is 1. The van der Waals surface area contributed by atoms with Crippen LogP contribution in [0.15, 0.2) is 30.3 Å². The SMILES string of the molecule is CCOC(=O)C(C(N)=O)N(C)C(=O)OC(=O)c1ccccc1. The number of ether oxygens (including phenoxy) is 2. The molecule has 0 spiro atoms. The Morgan fingerprint density at radius 2 is 1.77 bits per heavy atom. The lowest BCUT2D eigenvalue weighted by atomic mass is 10.2. The molecule has 0 aromatic heterocycles. The van der Waals surface area contributed by atoms with Gasteiger partial charge in [0.25, 0.3) is 5.91 Å². The number of amides is 2. The third kappa shape index (κ3) is 4.30. The molecule has 0 aliphatic heterocycles. The molecule has 1 aromatic rings. The van der Waals surface area contributed by atoms with E-state index in [2.05, 4.69) is 9.47 Å². The number of likely N-dealkylation sites (N-methyl/N-ethyl adjacent to an activating group) is 1. The Morgan fingerprint density at radius 1 is 1.18 bits per heavy atom. The van der Waals surface area contributed by atoms with E-state index in [-0.39, 0.29) is 12.2 Å². The molecule has 0 fully saturated rings. The molecule has 0 saturated carbocycles. The van der Waals surface area contributed by atoms with Gasteiger partial charge in [-0.15, -0.1) is 0 Å². The van der Waals surface area contributed by atoms with E-state index >= 15 is 0 Å². The Balaban J connectivity index is 2.80. The highest BCUT2D eigenvalue weighted by Crippen LogP contribution is 2.06. The summed E-state index contributed by atoms with van der Waals surface area (Å²) in [5, 5.41) is 0. The van der Waals surface area contributed by atoms with Crippen LogP contribution in [-0.2, 0) is 19.1 Å². The van der Waals surface area contributed by atoms with Crippen molar-refractivity contribution in [3.8, 4) is 0 Å². The van der Waals surface area contributed by atoms with Crippen molar-refractivity contribution in [3.05, 3.63) is 35.9 Å². The second-order valence-electron chi connectivity index (χ2n) is 4.19. The normalized spacial score (nSPS) is 11.2. The minimum Gasteiger partial charge on any atom is -0.464 e. The topological polar surface area (TPSA) is 116 Å². The summed E-state index contributed by atoms with van der Waals surface area (Å²) >= 11 is 0. The van der Waals surface area contributed by atoms with Crippen molar-refractivity contribution in [2.24, 2.45) is 5.73 Å². The van der Waals surface area contributed by atoms with E-state index < -0.39 is 30.0 Å². The monoisotopic (exact) mass is 308 g/mol. The lowest BCUT2D eigenvalue weighted by molar-refractivity contribution is -0.151. The summed E-state index contributed by atoms with van der Waals surface area (Å²) in [6.45, 7) is 1.54. The van der Waals surface area contributed by atoms with Gasteiger partial charge in [0.05, 0.1) is 12.2 Å². The average Bonchev–Trinajstić information content (AvgIpc) is 2.48. The Bertz CT molecular complexity index is 572. The number of primary amides is 1. The van der Waals surface area contributed by atoms with Crippen molar-refractivity contribution in [3.63, 3.8) is 0 Å². The average molecular weight is 308 g/mol. The molecule has 1 rings (SSSR count). The smallest absolute Gasteiger partial charge is 0.418 e. The zero-order valence-corrected chi connectivity index (χ0v) is 12.1. The fourth-order valence-electron chi connectivity index (χ4n) is 1.58. The van der Waals surface area contributed by atoms with Crippen molar-refractivity contribution in [1.29, 1.82) is 0 Å². The number of hydrogen-bond donors (Lipinski definition) is 1. The summed E-state index contributed by atoms with van der Waals surface area (Å²) in [4.78, 5) is 47.1. The van der Waals surface area contributed by atoms with Gasteiger partial charge >= 0.3 is 18.0 Å². The Morgan fingerprint density at radius 3 is 2.27 bits per heavy atom. The fourth-order valence-corrected chi connectivity index (χ4v) is 1.58. The van der Waals surface area contributed by atoms with E-state index in [9.17, 15) is 19.2 Å². The fraction of sp³-hybridized carbons (Fsp3) is 0.286. The zero-order valence-electron chi connectivity index (χ0n) is 12.1. The largest absolute Gasteiger partial charge is 0.464 e. The molecule has 0 aliphatic rings. The number of hydrogen-bond acceptors (Lipinski definition) is 6. The van der Waals surface area contributed by atoms with Crippen LogP contribution in [0.1, 0.15) is 17.3 Å². The summed E-state index contributed by atoms with van der Waals surface area (Å²) in [5.41, 5.74) is 5.22. The van der Waals surface area contributed by atoms with Crippen molar-refractivity contribution in [2.75, 3.05) is 13.7 Å². The van der Waals surface area contributed by atoms with Crippen LogP contribution in [0.4, 0.5) is 4.79 Å². The Hall–Kier alpha value is -2.90. The van der Waals surface area contributed by atoms with Crippen LogP contribution in [0.5, 0.6) is 0 Å². The number of rotatable bonds is 5.